The van der Waals surface area contributed by atoms with Crippen molar-refractivity contribution in [3.05, 3.63) is 65.4 Å². The molecule has 6 heterocycles. The van der Waals surface area contributed by atoms with Crippen molar-refractivity contribution in [2.45, 2.75) is 111 Å². The van der Waals surface area contributed by atoms with E-state index in [2.05, 4.69) is 20.7 Å². The molecule has 2 saturated carbocycles. The van der Waals surface area contributed by atoms with Gasteiger partial charge in [0.1, 0.15) is 12.0 Å². The van der Waals surface area contributed by atoms with E-state index in [9.17, 15) is 27.9 Å². The van der Waals surface area contributed by atoms with Crippen LogP contribution in [0, 0.1) is 0 Å². The number of benzene rings is 2. The number of aliphatic hydroxyl groups excluding tert-OH is 1. The lowest BCUT2D eigenvalue weighted by molar-refractivity contribution is -0.121. The molecule has 4 aromatic rings. The van der Waals surface area contributed by atoms with E-state index in [0.29, 0.717) is 69.4 Å². The molecule has 2 unspecified atom stereocenters. The number of fused-ring (bicyclic) bond motifs is 3. The molecule has 18 heteroatoms. The van der Waals surface area contributed by atoms with Crippen LogP contribution < -0.4 is 20.4 Å². The van der Waals surface area contributed by atoms with Gasteiger partial charge in [0, 0.05) is 81.3 Å². The molecule has 5 fully saturated rings. The van der Waals surface area contributed by atoms with Gasteiger partial charge < -0.3 is 10.4 Å². The molecule has 1 spiro atoms. The van der Waals surface area contributed by atoms with Gasteiger partial charge in [-0.15, -0.1) is 0 Å². The van der Waals surface area contributed by atoms with E-state index in [0.717, 1.165) is 59.7 Å². The van der Waals surface area contributed by atoms with Gasteiger partial charge in [0.25, 0.3) is 0 Å². The quantitative estimate of drug-likeness (QED) is 0.220. The first-order chi connectivity index (χ1) is 29.4. The molecule has 2 aromatic heterocycles. The third kappa shape index (κ3) is 7.24. The molecule has 3 N–H and O–H groups in total. The van der Waals surface area contributed by atoms with Gasteiger partial charge in [-0.25, -0.2) is 22.6 Å². The van der Waals surface area contributed by atoms with Crippen LogP contribution in [0.4, 0.5) is 26.8 Å². The van der Waals surface area contributed by atoms with E-state index in [-0.39, 0.29) is 54.2 Å². The maximum atomic E-state index is 16.0. The van der Waals surface area contributed by atoms with E-state index in [4.69, 9.17) is 4.98 Å². The van der Waals surface area contributed by atoms with Crippen molar-refractivity contribution in [1.29, 1.82) is 0 Å². The number of aliphatic hydroxyl groups is 1. The second kappa shape index (κ2) is 15.4. The van der Waals surface area contributed by atoms with E-state index in [1.54, 1.807) is 36.1 Å². The summed E-state index contributed by atoms with van der Waals surface area (Å²) in [6.45, 7) is 2.12. The Morgan fingerprint density at radius 1 is 0.984 bits per heavy atom. The first-order valence-electron chi connectivity index (χ1n) is 21.6. The smallest absolute Gasteiger partial charge is 0.329 e. The number of rotatable bonds is 9. The molecule has 4 atom stereocenters. The van der Waals surface area contributed by atoms with Crippen molar-refractivity contribution in [1.82, 2.24) is 34.3 Å². The van der Waals surface area contributed by atoms with Crippen LogP contribution in [-0.2, 0) is 38.6 Å². The molecule has 0 bridgehead atoms. The Morgan fingerprint density at radius 2 is 1.80 bits per heavy atom. The molecule has 2 aliphatic carbocycles. The summed E-state index contributed by atoms with van der Waals surface area (Å²) >= 11 is 0. The lowest BCUT2D eigenvalue weighted by Gasteiger charge is -2.35. The van der Waals surface area contributed by atoms with Crippen molar-refractivity contribution in [2.24, 2.45) is 7.05 Å². The Bertz CT molecular complexity index is 2520. The number of alkyl halides is 1. The van der Waals surface area contributed by atoms with Gasteiger partial charge in [-0.2, -0.15) is 14.4 Å². The maximum absolute atomic E-state index is 16.0. The molecule has 61 heavy (non-hydrogen) atoms. The van der Waals surface area contributed by atoms with Gasteiger partial charge >= 0.3 is 6.03 Å². The van der Waals surface area contributed by atoms with Crippen molar-refractivity contribution < 1.29 is 32.3 Å². The number of piperidine rings is 2. The third-order valence-corrected chi connectivity index (χ3v) is 15.7. The van der Waals surface area contributed by atoms with Crippen molar-refractivity contribution in [3.63, 3.8) is 0 Å². The molecule has 4 aliphatic heterocycles. The molecular formula is C43H51FN10O6S. The summed E-state index contributed by atoms with van der Waals surface area (Å²) in [5, 5.41) is 21.4. The molecular weight excluding hydrogens is 804 g/mol. The molecule has 4 amide bonds. The minimum Gasteiger partial charge on any atom is -0.393 e. The zero-order valence-electron chi connectivity index (χ0n) is 34.2. The minimum absolute atomic E-state index is 0.0521. The number of aromatic nitrogens is 4. The lowest BCUT2D eigenvalue weighted by atomic mass is 9.87. The van der Waals surface area contributed by atoms with Crippen molar-refractivity contribution in [2.75, 3.05) is 47.8 Å². The summed E-state index contributed by atoms with van der Waals surface area (Å²) in [7, 11) is -2.00. The number of aryl methyl sites for hydroxylation is 1. The number of likely N-dealkylation sites (tertiary alicyclic amines) is 1. The number of halogens is 1. The standard InChI is InChI=1S/C43H51FN10O6S/c1-50-36-21-27(8-9-33(36)38(49-50)53-19-13-37(56)47-42(53)58)32-12-16-51(25-35(32)44)24-26-4-2-7-31(20-26)61(59,60)52-17-10-28(11-18-52)46-41-45-23-34-39(48-41)54(40(57)43(34)14-15-43)29-5-3-6-30(55)22-29/h2,4,7-9,20-21,23,28-30,32,35,55H,3,5-6,10-19,22,24-25H2,1H3,(H,45,46,48)(H,47,56,58)/t29-,30-,32?,35?/m1/s1. The van der Waals surface area contributed by atoms with Gasteiger partial charge in [0.05, 0.1) is 21.9 Å². The van der Waals surface area contributed by atoms with Gasteiger partial charge in [-0.1, -0.05) is 18.2 Å². The highest BCUT2D eigenvalue weighted by molar-refractivity contribution is 7.89. The number of carbonyl (C=O) groups excluding carboxylic acids is 3. The van der Waals surface area contributed by atoms with Crippen LogP contribution in [-0.4, -0.2) is 117 Å². The fraction of sp³-hybridized carbons (Fsp3) is 0.535. The Morgan fingerprint density at radius 3 is 2.56 bits per heavy atom. The zero-order chi connectivity index (χ0) is 42.2. The molecule has 16 nitrogen and oxygen atoms in total. The van der Waals surface area contributed by atoms with Gasteiger partial charge in [0.15, 0.2) is 5.82 Å². The van der Waals surface area contributed by atoms with Crippen molar-refractivity contribution in [3.8, 4) is 0 Å². The number of sulfonamides is 1. The first kappa shape index (κ1) is 40.1. The molecule has 3 saturated heterocycles. The Hall–Kier alpha value is -5.04. The van der Waals surface area contributed by atoms with Crippen LogP contribution in [0.3, 0.4) is 0 Å². The van der Waals surface area contributed by atoms with Gasteiger partial charge in [-0.05, 0) is 99.7 Å². The van der Waals surface area contributed by atoms with Crippen LogP contribution in [0.15, 0.2) is 53.6 Å². The SMILES string of the molecule is Cn1nc(N2CCC(=O)NC2=O)c2ccc(C3CCN(Cc4cccc(S(=O)(=O)N5CCC(Nc6ncc7c(n6)N([C@@H]6CCC[C@@H](O)C6)C(=O)C76CC6)CC5)c4)CC3F)cc21. The van der Waals surface area contributed by atoms with E-state index < -0.39 is 33.7 Å². The second-order valence-corrected chi connectivity index (χ2v) is 19.7. The largest absolute Gasteiger partial charge is 0.393 e. The summed E-state index contributed by atoms with van der Waals surface area (Å²) in [5.41, 5.74) is 2.78. The molecule has 0 radical (unpaired) electrons. The van der Waals surface area contributed by atoms with Crippen LogP contribution in [0.2, 0.25) is 0 Å². The topological polar surface area (TPSA) is 186 Å². The number of nitrogens with zero attached hydrogens (tertiary/aromatic N) is 8. The highest BCUT2D eigenvalue weighted by atomic mass is 32.2. The van der Waals surface area contributed by atoms with E-state index in [1.807, 2.05) is 34.1 Å². The van der Waals surface area contributed by atoms with Crippen LogP contribution >= 0.6 is 0 Å². The second-order valence-electron chi connectivity index (χ2n) is 17.8. The summed E-state index contributed by atoms with van der Waals surface area (Å²) in [4.78, 5) is 52.8. The Kier molecular flexibility index (Phi) is 10.1. The van der Waals surface area contributed by atoms with Crippen LogP contribution in [0.25, 0.3) is 10.9 Å². The van der Waals surface area contributed by atoms with Gasteiger partial charge in [0.2, 0.25) is 27.8 Å². The first-order valence-corrected chi connectivity index (χ1v) is 23.0. The highest BCUT2D eigenvalue weighted by Crippen LogP contribution is 2.57. The average molecular weight is 855 g/mol. The number of anilines is 3. The molecule has 2 aromatic carbocycles. The number of hydrogen-bond donors (Lipinski definition) is 3. The number of carbonyl (C=O) groups is 3. The van der Waals surface area contributed by atoms with Crippen LogP contribution in [0.1, 0.15) is 86.8 Å². The number of urea groups is 1. The zero-order valence-corrected chi connectivity index (χ0v) is 35.0. The maximum Gasteiger partial charge on any atom is 0.329 e. The summed E-state index contributed by atoms with van der Waals surface area (Å²) in [5.74, 6) is 0.958. The number of hydrogen-bond acceptors (Lipinski definition) is 11. The fourth-order valence-corrected chi connectivity index (χ4v) is 11.8. The third-order valence-electron chi connectivity index (χ3n) is 13.8. The predicted octanol–water partition coefficient (Wildman–Crippen LogP) is 4.08. The van der Waals surface area contributed by atoms with Gasteiger partial charge in [-0.3, -0.25) is 34.3 Å². The van der Waals surface area contributed by atoms with Crippen molar-refractivity contribution >= 4 is 56.4 Å². The Labute approximate surface area is 353 Å². The highest BCUT2D eigenvalue weighted by Gasteiger charge is 2.61. The molecule has 6 aliphatic rings. The average Bonchev–Trinajstić information content (AvgIpc) is 3.94. The predicted molar refractivity (Wildman–Crippen MR) is 224 cm³/mol. The van der Waals surface area contributed by atoms with E-state index >= 15 is 4.39 Å². The number of nitrogens with one attached hydrogen (secondary N) is 2. The minimum atomic E-state index is -3.78. The summed E-state index contributed by atoms with van der Waals surface area (Å²) in [6, 6.07) is 12.0. The van der Waals surface area contributed by atoms with Crippen LogP contribution in [0.5, 0.6) is 0 Å². The lowest BCUT2D eigenvalue weighted by Crippen LogP contribution is -2.49. The monoisotopic (exact) mass is 854 g/mol. The number of imide groups is 1. The normalized spacial score (nSPS) is 26.2. The van der Waals surface area contributed by atoms with E-state index in [1.165, 1.54) is 9.21 Å². The molecule has 10 rings (SSSR count). The Balaban J connectivity index is 0.752. The number of amides is 4. The summed E-state index contributed by atoms with van der Waals surface area (Å²) < 4.78 is 47.0. The fourth-order valence-electron chi connectivity index (χ4n) is 10.3. The molecule has 322 valence electrons. The summed E-state index contributed by atoms with van der Waals surface area (Å²) in [6.07, 6.45) is 6.66.